The van der Waals surface area contributed by atoms with Crippen molar-refractivity contribution in [1.29, 1.82) is 0 Å². The Morgan fingerprint density at radius 1 is 1.22 bits per heavy atom. The maximum Gasteiger partial charge on any atom is 0.244 e. The van der Waals surface area contributed by atoms with Crippen LogP contribution < -0.4 is 10.2 Å². The number of aromatic nitrogens is 1. The molecule has 0 bridgehead atoms. The van der Waals surface area contributed by atoms with Crippen molar-refractivity contribution in [2.24, 2.45) is 0 Å². The summed E-state index contributed by atoms with van der Waals surface area (Å²) >= 11 is 5.82. The smallest absolute Gasteiger partial charge is 0.244 e. The summed E-state index contributed by atoms with van der Waals surface area (Å²) in [6.07, 6.45) is 1.58. The zero-order chi connectivity index (χ0) is 12.5. The van der Waals surface area contributed by atoms with Crippen LogP contribution in [0.4, 0.5) is 17.2 Å². The molecule has 0 fully saturated rings. The molecule has 0 atom stereocenters. The zero-order valence-electron chi connectivity index (χ0n) is 9.43. The largest absolute Gasteiger partial charge is 0.323 e. The number of benzene rings is 1. The van der Waals surface area contributed by atoms with E-state index in [1.165, 1.54) is 0 Å². The van der Waals surface area contributed by atoms with Gasteiger partial charge in [-0.15, -0.1) is 0 Å². The van der Waals surface area contributed by atoms with E-state index in [0.29, 0.717) is 10.8 Å². The Kier molecular flexibility index (Phi) is 2.64. The highest BCUT2D eigenvalue weighted by Gasteiger charge is 2.23. The maximum absolute atomic E-state index is 11.7. The molecule has 0 radical (unpaired) electrons. The number of rotatable bonds is 1. The predicted octanol–water partition coefficient (Wildman–Crippen LogP) is 2.83. The highest BCUT2D eigenvalue weighted by Crippen LogP contribution is 2.33. The summed E-state index contributed by atoms with van der Waals surface area (Å²) in [5.41, 5.74) is 1.73. The fourth-order valence-corrected chi connectivity index (χ4v) is 2.08. The van der Waals surface area contributed by atoms with Gasteiger partial charge in [-0.1, -0.05) is 23.7 Å². The number of pyridine rings is 1. The van der Waals surface area contributed by atoms with Crippen molar-refractivity contribution in [3.05, 3.63) is 47.6 Å². The van der Waals surface area contributed by atoms with Gasteiger partial charge in [0.2, 0.25) is 5.91 Å². The van der Waals surface area contributed by atoms with Crippen molar-refractivity contribution >= 4 is 34.7 Å². The van der Waals surface area contributed by atoms with Crippen LogP contribution in [0.1, 0.15) is 0 Å². The lowest BCUT2D eigenvalue weighted by Gasteiger charge is -2.29. The number of hydrogen-bond donors (Lipinski definition) is 1. The van der Waals surface area contributed by atoms with Gasteiger partial charge in [0.05, 0.1) is 16.4 Å². The van der Waals surface area contributed by atoms with Gasteiger partial charge in [-0.05, 0) is 24.3 Å². The molecular formula is C13H10ClN3O. The summed E-state index contributed by atoms with van der Waals surface area (Å²) in [5, 5.41) is 3.41. The van der Waals surface area contributed by atoms with Crippen LogP contribution in [0.15, 0.2) is 42.6 Å². The molecule has 1 aromatic heterocycles. The Bertz CT molecular complexity index is 597. The monoisotopic (exact) mass is 259 g/mol. The quantitative estimate of drug-likeness (QED) is 0.857. The molecule has 4 nitrogen and oxygen atoms in total. The molecule has 1 amide bonds. The minimum atomic E-state index is -0.0505. The van der Waals surface area contributed by atoms with E-state index in [9.17, 15) is 4.79 Å². The molecule has 5 heteroatoms. The van der Waals surface area contributed by atoms with E-state index < -0.39 is 0 Å². The van der Waals surface area contributed by atoms with Crippen molar-refractivity contribution < 1.29 is 4.79 Å². The highest BCUT2D eigenvalue weighted by molar-refractivity contribution is 6.30. The molecule has 2 aromatic rings. The highest BCUT2D eigenvalue weighted by atomic mass is 35.5. The molecule has 1 aliphatic rings. The van der Waals surface area contributed by atoms with Crippen LogP contribution in [0.2, 0.25) is 5.02 Å². The second kappa shape index (κ2) is 4.31. The summed E-state index contributed by atoms with van der Waals surface area (Å²) in [4.78, 5) is 17.8. The molecule has 2 heterocycles. The van der Waals surface area contributed by atoms with Gasteiger partial charge in [-0.2, -0.15) is 0 Å². The minimum absolute atomic E-state index is 0.0505. The molecular weight excluding hydrogens is 250 g/mol. The van der Waals surface area contributed by atoms with Crippen molar-refractivity contribution in [3.8, 4) is 0 Å². The van der Waals surface area contributed by atoms with E-state index in [4.69, 9.17) is 11.6 Å². The van der Waals surface area contributed by atoms with Crippen molar-refractivity contribution in [2.75, 3.05) is 16.8 Å². The maximum atomic E-state index is 11.7. The molecule has 1 N–H and O–H groups in total. The summed E-state index contributed by atoms with van der Waals surface area (Å²) in [6.45, 7) is 0.256. The van der Waals surface area contributed by atoms with E-state index >= 15 is 0 Å². The number of anilines is 3. The first kappa shape index (κ1) is 11.0. The Morgan fingerprint density at radius 3 is 2.83 bits per heavy atom. The van der Waals surface area contributed by atoms with Crippen LogP contribution in [-0.4, -0.2) is 17.4 Å². The average molecular weight is 260 g/mol. The standard InChI is InChI=1S/C13H10ClN3O/c14-9-5-6-12(15-7-9)17-8-13(18)16-10-3-1-2-4-11(10)17/h1-7H,8H2,(H,16,18). The summed E-state index contributed by atoms with van der Waals surface area (Å²) in [7, 11) is 0. The molecule has 0 aliphatic carbocycles. The van der Waals surface area contributed by atoms with E-state index in [1.54, 1.807) is 18.3 Å². The first-order valence-electron chi connectivity index (χ1n) is 5.52. The second-order valence-electron chi connectivity index (χ2n) is 3.99. The van der Waals surface area contributed by atoms with Gasteiger partial charge in [-0.25, -0.2) is 4.98 Å². The van der Waals surface area contributed by atoms with Crippen molar-refractivity contribution in [1.82, 2.24) is 4.98 Å². The van der Waals surface area contributed by atoms with E-state index in [0.717, 1.165) is 11.4 Å². The summed E-state index contributed by atoms with van der Waals surface area (Å²) in [5.74, 6) is 0.659. The SMILES string of the molecule is O=C1CN(c2ccc(Cl)cn2)c2ccccc2N1. The van der Waals surface area contributed by atoms with Crippen LogP contribution in [0, 0.1) is 0 Å². The number of halogens is 1. The van der Waals surface area contributed by atoms with Crippen LogP contribution in [0.3, 0.4) is 0 Å². The molecule has 0 unspecified atom stereocenters. The Hall–Kier alpha value is -2.07. The lowest BCUT2D eigenvalue weighted by atomic mass is 10.2. The molecule has 3 rings (SSSR count). The third kappa shape index (κ3) is 1.91. The van der Waals surface area contributed by atoms with Crippen LogP contribution in [0.25, 0.3) is 0 Å². The number of nitrogens with zero attached hydrogens (tertiary/aromatic N) is 2. The van der Waals surface area contributed by atoms with Gasteiger partial charge < -0.3 is 10.2 Å². The number of carbonyl (C=O) groups is 1. The van der Waals surface area contributed by atoms with E-state index in [2.05, 4.69) is 10.3 Å². The Labute approximate surface area is 109 Å². The van der Waals surface area contributed by atoms with Crippen molar-refractivity contribution in [3.63, 3.8) is 0 Å². The van der Waals surface area contributed by atoms with Crippen molar-refractivity contribution in [2.45, 2.75) is 0 Å². The second-order valence-corrected chi connectivity index (χ2v) is 4.42. The first-order valence-corrected chi connectivity index (χ1v) is 5.90. The molecule has 1 aliphatic heterocycles. The average Bonchev–Trinajstić information content (AvgIpc) is 2.38. The van der Waals surface area contributed by atoms with Gasteiger partial charge in [0.15, 0.2) is 0 Å². The fourth-order valence-electron chi connectivity index (χ4n) is 1.97. The van der Waals surface area contributed by atoms with Crippen LogP contribution >= 0.6 is 11.6 Å². The number of nitrogens with one attached hydrogen (secondary N) is 1. The third-order valence-corrected chi connectivity index (χ3v) is 2.98. The summed E-state index contributed by atoms with van der Waals surface area (Å²) < 4.78 is 0. The summed E-state index contributed by atoms with van der Waals surface area (Å²) in [6, 6.07) is 11.2. The number of hydrogen-bond acceptors (Lipinski definition) is 3. The fraction of sp³-hybridized carbons (Fsp3) is 0.0769. The lowest BCUT2D eigenvalue weighted by Crippen LogP contribution is -2.35. The third-order valence-electron chi connectivity index (χ3n) is 2.76. The molecule has 18 heavy (non-hydrogen) atoms. The van der Waals surface area contributed by atoms with Gasteiger partial charge >= 0.3 is 0 Å². The van der Waals surface area contributed by atoms with Gasteiger partial charge in [0, 0.05) is 6.20 Å². The molecule has 0 spiro atoms. The minimum Gasteiger partial charge on any atom is -0.323 e. The number of fused-ring (bicyclic) bond motifs is 1. The lowest BCUT2D eigenvalue weighted by molar-refractivity contribution is -0.115. The first-order chi connectivity index (χ1) is 8.74. The van der Waals surface area contributed by atoms with E-state index in [-0.39, 0.29) is 12.5 Å². The van der Waals surface area contributed by atoms with Gasteiger partial charge in [0.25, 0.3) is 0 Å². The normalized spacial score (nSPS) is 14.1. The predicted molar refractivity (Wildman–Crippen MR) is 71.3 cm³/mol. The zero-order valence-corrected chi connectivity index (χ0v) is 10.2. The van der Waals surface area contributed by atoms with Gasteiger partial charge in [0.1, 0.15) is 12.4 Å². The van der Waals surface area contributed by atoms with Crippen LogP contribution in [-0.2, 0) is 4.79 Å². The molecule has 1 aromatic carbocycles. The van der Waals surface area contributed by atoms with Gasteiger partial charge in [-0.3, -0.25) is 4.79 Å². The molecule has 0 saturated carbocycles. The molecule has 90 valence electrons. The Morgan fingerprint density at radius 2 is 2.06 bits per heavy atom. The molecule has 0 saturated heterocycles. The Balaban J connectivity index is 2.07. The number of carbonyl (C=O) groups excluding carboxylic acids is 1. The number of para-hydroxylation sites is 2. The van der Waals surface area contributed by atoms with E-state index in [1.807, 2.05) is 29.2 Å². The number of amides is 1. The van der Waals surface area contributed by atoms with Crippen LogP contribution in [0.5, 0.6) is 0 Å². The topological polar surface area (TPSA) is 45.2 Å².